The Labute approximate surface area is 110 Å². The van der Waals surface area contributed by atoms with Crippen LogP contribution >= 0.6 is 0 Å². The Bertz CT molecular complexity index is 296. The van der Waals surface area contributed by atoms with Gasteiger partial charge < -0.3 is 16.4 Å². The van der Waals surface area contributed by atoms with Gasteiger partial charge in [-0.2, -0.15) is 0 Å². The number of nitrogens with zero attached hydrogens (tertiary/aromatic N) is 1. The summed E-state index contributed by atoms with van der Waals surface area (Å²) < 4.78 is 0. The Hall–Kier alpha value is -1.13. The summed E-state index contributed by atoms with van der Waals surface area (Å²) in [5.41, 5.74) is 6.77. The van der Waals surface area contributed by atoms with Gasteiger partial charge in [0.2, 0.25) is 0 Å². The van der Waals surface area contributed by atoms with Crippen LogP contribution in [0, 0.1) is 5.92 Å². The van der Waals surface area contributed by atoms with E-state index in [1.165, 1.54) is 25.5 Å². The van der Waals surface area contributed by atoms with Gasteiger partial charge in [-0.25, -0.2) is 0 Å². The van der Waals surface area contributed by atoms with Crippen LogP contribution in [0.25, 0.3) is 0 Å². The third-order valence-corrected chi connectivity index (χ3v) is 3.30. The van der Waals surface area contributed by atoms with Crippen molar-refractivity contribution in [1.82, 2.24) is 10.6 Å². The molecule has 4 heteroatoms. The van der Waals surface area contributed by atoms with Crippen molar-refractivity contribution in [2.75, 3.05) is 19.6 Å². The quantitative estimate of drug-likeness (QED) is 0.571. The lowest BCUT2D eigenvalue weighted by Crippen LogP contribution is -2.30. The van der Waals surface area contributed by atoms with E-state index in [0.29, 0.717) is 12.6 Å². The van der Waals surface area contributed by atoms with Gasteiger partial charge in [0.1, 0.15) is 0 Å². The van der Waals surface area contributed by atoms with E-state index in [9.17, 15) is 0 Å². The molecule has 2 unspecified atom stereocenters. The summed E-state index contributed by atoms with van der Waals surface area (Å²) in [6.45, 7) is 8.41. The van der Waals surface area contributed by atoms with Crippen molar-refractivity contribution in [3.05, 3.63) is 24.6 Å². The second-order valence-corrected chi connectivity index (χ2v) is 4.70. The molecule has 18 heavy (non-hydrogen) atoms. The van der Waals surface area contributed by atoms with E-state index in [1.807, 2.05) is 6.08 Å². The predicted molar refractivity (Wildman–Crippen MR) is 78.6 cm³/mol. The lowest BCUT2D eigenvalue weighted by Gasteiger charge is -2.16. The minimum absolute atomic E-state index is 0.525. The molecule has 0 bridgehead atoms. The van der Waals surface area contributed by atoms with Crippen molar-refractivity contribution < 1.29 is 0 Å². The third-order valence-electron chi connectivity index (χ3n) is 3.30. The maximum Gasteiger partial charge on any atom is 0.0329 e. The number of rotatable bonds is 8. The molecule has 102 valence electrons. The molecule has 0 aromatic carbocycles. The van der Waals surface area contributed by atoms with Gasteiger partial charge in [0.05, 0.1) is 0 Å². The molecule has 0 saturated heterocycles. The SMILES string of the molecule is C=CN=CC=C(CN)NC1CCC(CNCC)C1. The zero-order valence-electron chi connectivity index (χ0n) is 11.4. The van der Waals surface area contributed by atoms with Crippen LogP contribution in [0.15, 0.2) is 29.5 Å². The summed E-state index contributed by atoms with van der Waals surface area (Å²) in [5.74, 6) is 0.795. The van der Waals surface area contributed by atoms with Gasteiger partial charge in [0, 0.05) is 30.7 Å². The zero-order chi connectivity index (χ0) is 13.2. The Morgan fingerprint density at radius 2 is 2.33 bits per heavy atom. The van der Waals surface area contributed by atoms with E-state index in [1.54, 1.807) is 6.21 Å². The van der Waals surface area contributed by atoms with Crippen LogP contribution in [0.2, 0.25) is 0 Å². The van der Waals surface area contributed by atoms with Crippen molar-refractivity contribution in [3.8, 4) is 0 Å². The van der Waals surface area contributed by atoms with Crippen LogP contribution < -0.4 is 16.4 Å². The van der Waals surface area contributed by atoms with Crippen molar-refractivity contribution in [3.63, 3.8) is 0 Å². The summed E-state index contributed by atoms with van der Waals surface area (Å²) in [6, 6.07) is 0.556. The Balaban J connectivity index is 2.35. The first-order chi connectivity index (χ1) is 8.80. The number of nitrogens with one attached hydrogen (secondary N) is 2. The fraction of sp³-hybridized carbons (Fsp3) is 0.643. The molecule has 0 radical (unpaired) electrons. The maximum atomic E-state index is 5.72. The largest absolute Gasteiger partial charge is 0.385 e. The molecule has 4 N–H and O–H groups in total. The van der Waals surface area contributed by atoms with Crippen LogP contribution in [0.1, 0.15) is 26.2 Å². The third kappa shape index (κ3) is 5.47. The summed E-state index contributed by atoms with van der Waals surface area (Å²) in [5, 5.41) is 6.93. The van der Waals surface area contributed by atoms with E-state index in [0.717, 1.165) is 24.7 Å². The minimum Gasteiger partial charge on any atom is -0.385 e. The molecule has 0 aromatic heterocycles. The van der Waals surface area contributed by atoms with Crippen molar-refractivity contribution in [2.45, 2.75) is 32.2 Å². The molecule has 0 heterocycles. The van der Waals surface area contributed by atoms with E-state index < -0.39 is 0 Å². The number of aliphatic imine (C=N–C) groups is 1. The number of hydrogen-bond acceptors (Lipinski definition) is 4. The smallest absolute Gasteiger partial charge is 0.0329 e. The highest BCUT2D eigenvalue weighted by atomic mass is 15.0. The van der Waals surface area contributed by atoms with Gasteiger partial charge in [-0.15, -0.1) is 0 Å². The molecule has 1 aliphatic carbocycles. The molecule has 2 atom stereocenters. The van der Waals surface area contributed by atoms with E-state index in [-0.39, 0.29) is 0 Å². The van der Waals surface area contributed by atoms with Crippen molar-refractivity contribution >= 4 is 6.21 Å². The molecular weight excluding hydrogens is 224 g/mol. The number of allylic oxidation sites excluding steroid dienone is 1. The van der Waals surface area contributed by atoms with E-state index in [4.69, 9.17) is 5.73 Å². The summed E-state index contributed by atoms with van der Waals surface area (Å²) in [4.78, 5) is 3.95. The van der Waals surface area contributed by atoms with E-state index >= 15 is 0 Å². The van der Waals surface area contributed by atoms with Crippen LogP contribution in [-0.2, 0) is 0 Å². The highest BCUT2D eigenvalue weighted by Crippen LogP contribution is 2.25. The molecule has 0 aromatic rings. The topological polar surface area (TPSA) is 62.4 Å². The van der Waals surface area contributed by atoms with Crippen LogP contribution in [0.5, 0.6) is 0 Å². The van der Waals surface area contributed by atoms with Crippen molar-refractivity contribution in [1.29, 1.82) is 0 Å². The van der Waals surface area contributed by atoms with Gasteiger partial charge in [-0.3, -0.25) is 4.99 Å². The van der Waals surface area contributed by atoms with Crippen LogP contribution in [0.4, 0.5) is 0 Å². The summed E-state index contributed by atoms with van der Waals surface area (Å²) >= 11 is 0. The average Bonchev–Trinajstić information content (AvgIpc) is 2.83. The minimum atomic E-state index is 0.525. The molecule has 1 rings (SSSR count). The fourth-order valence-corrected chi connectivity index (χ4v) is 2.37. The first kappa shape index (κ1) is 14.9. The van der Waals surface area contributed by atoms with Gasteiger partial charge in [0.15, 0.2) is 0 Å². The monoisotopic (exact) mass is 250 g/mol. The first-order valence-corrected chi connectivity index (χ1v) is 6.80. The second kappa shape index (κ2) is 8.89. The molecule has 1 fully saturated rings. The average molecular weight is 250 g/mol. The zero-order valence-corrected chi connectivity index (χ0v) is 11.4. The normalized spacial score (nSPS) is 24.7. The molecule has 1 saturated carbocycles. The Morgan fingerprint density at radius 1 is 1.50 bits per heavy atom. The molecule has 1 aliphatic rings. The highest BCUT2D eigenvalue weighted by Gasteiger charge is 2.24. The number of nitrogens with two attached hydrogens (primary N) is 1. The maximum absolute atomic E-state index is 5.72. The summed E-state index contributed by atoms with van der Waals surface area (Å²) in [7, 11) is 0. The van der Waals surface area contributed by atoms with Gasteiger partial charge in [0.25, 0.3) is 0 Å². The molecule has 4 nitrogen and oxygen atoms in total. The Morgan fingerprint density at radius 3 is 3.00 bits per heavy atom. The van der Waals surface area contributed by atoms with Gasteiger partial charge >= 0.3 is 0 Å². The van der Waals surface area contributed by atoms with Gasteiger partial charge in [-0.1, -0.05) is 13.5 Å². The fourth-order valence-electron chi connectivity index (χ4n) is 2.37. The van der Waals surface area contributed by atoms with Gasteiger partial charge in [-0.05, 0) is 44.3 Å². The van der Waals surface area contributed by atoms with Crippen molar-refractivity contribution in [2.24, 2.45) is 16.6 Å². The molecule has 0 amide bonds. The predicted octanol–water partition coefficient (Wildman–Crippen LogP) is 1.41. The molecular formula is C14H26N4. The standard InChI is InChI=1S/C14H26N4/c1-3-16-8-7-14(10-15)18-13-6-5-12(9-13)11-17-4-2/h3,7-8,12-13,17-18H,1,4-6,9-11,15H2,2H3. The lowest BCUT2D eigenvalue weighted by molar-refractivity contribution is 0.478. The second-order valence-electron chi connectivity index (χ2n) is 4.70. The van der Waals surface area contributed by atoms with E-state index in [2.05, 4.69) is 29.1 Å². The van der Waals surface area contributed by atoms with Crippen LogP contribution in [0.3, 0.4) is 0 Å². The Kier molecular flexibility index (Phi) is 7.37. The van der Waals surface area contributed by atoms with Crippen LogP contribution in [-0.4, -0.2) is 31.9 Å². The first-order valence-electron chi connectivity index (χ1n) is 6.80. The molecule has 0 spiro atoms. The lowest BCUT2D eigenvalue weighted by atomic mass is 10.1. The highest BCUT2D eigenvalue weighted by molar-refractivity contribution is 5.72. The molecule has 0 aliphatic heterocycles. The number of hydrogen-bond donors (Lipinski definition) is 3. The summed E-state index contributed by atoms with van der Waals surface area (Å²) in [6.07, 6.45) is 8.93.